The molecule has 0 amide bonds. The Morgan fingerprint density at radius 3 is 2.10 bits per heavy atom. The maximum absolute atomic E-state index is 12.4. The first-order valence-corrected chi connectivity index (χ1v) is 5.94. The van der Waals surface area contributed by atoms with Gasteiger partial charge in [-0.1, -0.05) is 0 Å². The number of hydrogen-bond donors (Lipinski definition) is 0. The van der Waals surface area contributed by atoms with Crippen LogP contribution in [0, 0.1) is 0 Å². The maximum Gasteiger partial charge on any atom is 0.234 e. The highest BCUT2D eigenvalue weighted by molar-refractivity contribution is 6.13. The first-order chi connectivity index (χ1) is 9.69. The molecule has 2 aromatic carbocycles. The molecule has 4 heteroatoms. The molecule has 0 aliphatic heterocycles. The van der Waals surface area contributed by atoms with E-state index in [-0.39, 0.29) is 16.9 Å². The number of ketones is 1. The second-order valence-corrected chi connectivity index (χ2v) is 4.07. The minimum atomic E-state index is -0.259. The highest BCUT2D eigenvalue weighted by atomic mass is 16.5. The number of ether oxygens (including phenoxy) is 2. The summed E-state index contributed by atoms with van der Waals surface area (Å²) in [7, 11) is 3.06. The Morgan fingerprint density at radius 2 is 1.55 bits per heavy atom. The predicted molar refractivity (Wildman–Crippen MR) is 74.2 cm³/mol. The molecule has 0 saturated heterocycles. The molecule has 2 rings (SSSR count). The molecule has 4 nitrogen and oxygen atoms in total. The van der Waals surface area contributed by atoms with Gasteiger partial charge in [0.05, 0.1) is 14.2 Å². The predicted octanol–water partition coefficient (Wildman–Crippen LogP) is 2.39. The van der Waals surface area contributed by atoms with E-state index in [1.54, 1.807) is 43.7 Å². The number of carbonyl (C=O) groups excluding carboxylic acids is 2. The lowest BCUT2D eigenvalue weighted by atomic mass is 9.98. The molecular formula is C16H13O4. The molecule has 0 aliphatic rings. The summed E-state index contributed by atoms with van der Waals surface area (Å²) in [6.07, 6.45) is 1.77. The molecule has 1 radical (unpaired) electrons. The zero-order valence-corrected chi connectivity index (χ0v) is 11.2. The summed E-state index contributed by atoms with van der Waals surface area (Å²) < 4.78 is 10.1. The Hall–Kier alpha value is -2.62. The topological polar surface area (TPSA) is 52.6 Å². The van der Waals surface area contributed by atoms with Crippen LogP contribution in [-0.4, -0.2) is 26.3 Å². The molecule has 0 aliphatic carbocycles. The van der Waals surface area contributed by atoms with Gasteiger partial charge >= 0.3 is 0 Å². The fraction of sp³-hybridized carbons (Fsp3) is 0.125. The lowest BCUT2D eigenvalue weighted by Crippen LogP contribution is -2.05. The second-order valence-electron chi connectivity index (χ2n) is 4.07. The van der Waals surface area contributed by atoms with Gasteiger partial charge in [-0.3, -0.25) is 9.59 Å². The van der Waals surface area contributed by atoms with Crippen LogP contribution in [0.4, 0.5) is 0 Å². The van der Waals surface area contributed by atoms with Crippen molar-refractivity contribution < 1.29 is 19.1 Å². The van der Waals surface area contributed by atoms with Crippen LogP contribution >= 0.6 is 0 Å². The number of hydrogen-bond acceptors (Lipinski definition) is 4. The molecule has 0 N–H and O–H groups in total. The largest absolute Gasteiger partial charge is 0.497 e. The molecule has 20 heavy (non-hydrogen) atoms. The smallest absolute Gasteiger partial charge is 0.234 e. The normalized spacial score (nSPS) is 9.90. The third-order valence-electron chi connectivity index (χ3n) is 2.93. The summed E-state index contributed by atoms with van der Waals surface area (Å²) in [5.74, 6) is 0.917. The molecule has 101 valence electrons. The first-order valence-electron chi connectivity index (χ1n) is 5.94. The van der Waals surface area contributed by atoms with E-state index in [1.165, 1.54) is 19.2 Å². The lowest BCUT2D eigenvalue weighted by Gasteiger charge is -2.07. The Bertz CT molecular complexity index is 629. The minimum absolute atomic E-state index is 0.214. The van der Waals surface area contributed by atoms with Gasteiger partial charge < -0.3 is 9.47 Å². The van der Waals surface area contributed by atoms with E-state index in [0.717, 1.165) is 0 Å². The van der Waals surface area contributed by atoms with E-state index < -0.39 is 0 Å². The van der Waals surface area contributed by atoms with E-state index in [2.05, 4.69) is 0 Å². The molecular weight excluding hydrogens is 256 g/mol. The van der Waals surface area contributed by atoms with Gasteiger partial charge in [-0.25, -0.2) is 0 Å². The SMILES string of the molecule is COc1ccc(C(=O)c2cc(OC)ccc2[C]=O)cc1. The van der Waals surface area contributed by atoms with Crippen LogP contribution in [0.5, 0.6) is 11.5 Å². The van der Waals surface area contributed by atoms with Gasteiger partial charge in [-0.15, -0.1) is 0 Å². The van der Waals surface area contributed by atoms with E-state index >= 15 is 0 Å². The molecule has 2 aromatic rings. The number of carbonyl (C=O) groups is 1. The number of benzene rings is 2. The van der Waals surface area contributed by atoms with Crippen LogP contribution in [0.25, 0.3) is 0 Å². The molecule has 0 unspecified atom stereocenters. The van der Waals surface area contributed by atoms with Crippen LogP contribution in [0.3, 0.4) is 0 Å². The van der Waals surface area contributed by atoms with Crippen molar-refractivity contribution in [3.63, 3.8) is 0 Å². The number of methoxy groups -OCH3 is 2. The van der Waals surface area contributed by atoms with Gasteiger partial charge in [0.15, 0.2) is 5.78 Å². The van der Waals surface area contributed by atoms with Crippen molar-refractivity contribution in [1.29, 1.82) is 0 Å². The average Bonchev–Trinajstić information content (AvgIpc) is 2.53. The zero-order chi connectivity index (χ0) is 14.5. The minimum Gasteiger partial charge on any atom is -0.497 e. The van der Waals surface area contributed by atoms with Crippen molar-refractivity contribution in [3.05, 3.63) is 59.2 Å². The Morgan fingerprint density at radius 1 is 0.950 bits per heavy atom. The molecule has 0 heterocycles. The second kappa shape index (κ2) is 6.02. The van der Waals surface area contributed by atoms with Gasteiger partial charge in [0, 0.05) is 16.7 Å². The van der Waals surface area contributed by atoms with Gasteiger partial charge in [0.1, 0.15) is 11.5 Å². The fourth-order valence-corrected chi connectivity index (χ4v) is 1.83. The van der Waals surface area contributed by atoms with Crippen molar-refractivity contribution in [2.45, 2.75) is 0 Å². The van der Waals surface area contributed by atoms with Crippen LogP contribution < -0.4 is 9.47 Å². The van der Waals surface area contributed by atoms with E-state index in [4.69, 9.17) is 9.47 Å². The summed E-state index contributed by atoms with van der Waals surface area (Å²) in [4.78, 5) is 23.3. The zero-order valence-electron chi connectivity index (χ0n) is 11.2. The summed E-state index contributed by atoms with van der Waals surface area (Å²) >= 11 is 0. The van der Waals surface area contributed by atoms with Crippen LogP contribution in [0.1, 0.15) is 21.5 Å². The van der Waals surface area contributed by atoms with E-state index in [9.17, 15) is 9.59 Å². The lowest BCUT2D eigenvalue weighted by molar-refractivity contribution is 0.103. The molecule has 0 spiro atoms. The van der Waals surface area contributed by atoms with Crippen molar-refractivity contribution in [3.8, 4) is 11.5 Å². The third kappa shape index (κ3) is 2.69. The first kappa shape index (κ1) is 13.8. The number of rotatable bonds is 5. The molecule has 0 fully saturated rings. The molecule has 0 bridgehead atoms. The third-order valence-corrected chi connectivity index (χ3v) is 2.93. The Kier molecular flexibility index (Phi) is 4.15. The molecule has 0 atom stereocenters. The molecule has 0 saturated carbocycles. The van der Waals surface area contributed by atoms with Gasteiger partial charge in [0.2, 0.25) is 6.29 Å². The van der Waals surface area contributed by atoms with Gasteiger partial charge in [0.25, 0.3) is 0 Å². The van der Waals surface area contributed by atoms with Crippen LogP contribution in [-0.2, 0) is 4.79 Å². The monoisotopic (exact) mass is 269 g/mol. The van der Waals surface area contributed by atoms with Gasteiger partial charge in [-0.2, -0.15) is 0 Å². The van der Waals surface area contributed by atoms with Crippen LogP contribution in [0.2, 0.25) is 0 Å². The highest BCUT2D eigenvalue weighted by Crippen LogP contribution is 2.21. The van der Waals surface area contributed by atoms with Crippen molar-refractivity contribution >= 4 is 12.1 Å². The Labute approximate surface area is 116 Å². The van der Waals surface area contributed by atoms with E-state index in [0.29, 0.717) is 17.1 Å². The Balaban J connectivity index is 2.43. The van der Waals surface area contributed by atoms with Crippen molar-refractivity contribution in [2.24, 2.45) is 0 Å². The highest BCUT2D eigenvalue weighted by Gasteiger charge is 2.15. The molecule has 0 aromatic heterocycles. The van der Waals surface area contributed by atoms with Crippen molar-refractivity contribution in [2.75, 3.05) is 14.2 Å². The summed E-state index contributed by atoms with van der Waals surface area (Å²) in [5, 5.41) is 0. The van der Waals surface area contributed by atoms with Gasteiger partial charge in [-0.05, 0) is 42.5 Å². The fourth-order valence-electron chi connectivity index (χ4n) is 1.83. The standard InChI is InChI=1S/C16H13O4/c1-19-13-6-3-11(4-7-13)16(18)15-9-14(20-2)8-5-12(15)10-17/h3-9H,1-2H3. The average molecular weight is 269 g/mol. The van der Waals surface area contributed by atoms with Crippen LogP contribution in [0.15, 0.2) is 42.5 Å². The summed E-state index contributed by atoms with van der Waals surface area (Å²) in [5.41, 5.74) is 0.951. The summed E-state index contributed by atoms with van der Waals surface area (Å²) in [6, 6.07) is 11.3. The van der Waals surface area contributed by atoms with E-state index in [1.807, 2.05) is 0 Å². The quantitative estimate of drug-likeness (QED) is 0.782. The summed E-state index contributed by atoms with van der Waals surface area (Å²) in [6.45, 7) is 0. The van der Waals surface area contributed by atoms with Crippen molar-refractivity contribution in [1.82, 2.24) is 0 Å². The maximum atomic E-state index is 12.4.